The number of amides is 1. The Balaban J connectivity index is 2.00. The third-order valence-corrected chi connectivity index (χ3v) is 5.46. The first-order chi connectivity index (χ1) is 16.1. The molecule has 1 heterocycles. The van der Waals surface area contributed by atoms with Crippen LogP contribution in [0.5, 0.6) is 5.75 Å². The molecule has 1 amide bonds. The Morgan fingerprint density at radius 1 is 0.971 bits per heavy atom. The summed E-state index contributed by atoms with van der Waals surface area (Å²) < 4.78 is 60.1. The molecule has 0 bridgehead atoms. The van der Waals surface area contributed by atoms with Gasteiger partial charge in [0.2, 0.25) is 0 Å². The van der Waals surface area contributed by atoms with Crippen molar-refractivity contribution in [2.45, 2.75) is 12.2 Å². The molecule has 0 aliphatic carbocycles. The molecule has 0 aromatic heterocycles. The van der Waals surface area contributed by atoms with Crippen molar-refractivity contribution in [2.75, 3.05) is 12.0 Å². The van der Waals surface area contributed by atoms with Gasteiger partial charge in [-0.25, -0.2) is 4.39 Å². The van der Waals surface area contributed by atoms with Crippen molar-refractivity contribution in [3.05, 3.63) is 101 Å². The Kier molecular flexibility index (Phi) is 5.87. The van der Waals surface area contributed by atoms with Crippen LogP contribution in [0.4, 0.5) is 23.2 Å². The van der Waals surface area contributed by atoms with Crippen LogP contribution in [0.15, 0.2) is 78.4 Å². The van der Waals surface area contributed by atoms with E-state index in [1.54, 1.807) is 12.1 Å². The molecule has 1 fully saturated rings. The van der Waals surface area contributed by atoms with Crippen LogP contribution in [-0.4, -0.2) is 23.9 Å². The number of carbonyl (C=O) groups is 2. The predicted octanol–water partition coefficient (Wildman–Crippen LogP) is 5.48. The molecule has 5 nitrogen and oxygen atoms in total. The van der Waals surface area contributed by atoms with E-state index >= 15 is 0 Å². The normalized spacial score (nSPS) is 17.8. The van der Waals surface area contributed by atoms with E-state index in [2.05, 4.69) is 0 Å². The molecule has 1 aliphatic heterocycles. The molecule has 3 aromatic carbocycles. The predicted molar refractivity (Wildman–Crippen MR) is 116 cm³/mol. The van der Waals surface area contributed by atoms with Crippen molar-refractivity contribution in [3.63, 3.8) is 0 Å². The number of benzene rings is 3. The average Bonchev–Trinajstić information content (AvgIpc) is 3.08. The molecule has 9 heteroatoms. The highest BCUT2D eigenvalue weighted by atomic mass is 19.4. The molecule has 1 atom stereocenters. The average molecular weight is 471 g/mol. The molecule has 1 aliphatic rings. The second kappa shape index (κ2) is 8.66. The van der Waals surface area contributed by atoms with Gasteiger partial charge in [-0.3, -0.25) is 14.5 Å². The lowest BCUT2D eigenvalue weighted by molar-refractivity contribution is -0.137. The second-order valence-corrected chi connectivity index (χ2v) is 7.44. The van der Waals surface area contributed by atoms with Gasteiger partial charge in [-0.15, -0.1) is 0 Å². The molecule has 34 heavy (non-hydrogen) atoms. The van der Waals surface area contributed by atoms with E-state index in [0.29, 0.717) is 6.07 Å². The van der Waals surface area contributed by atoms with Crippen LogP contribution in [0.2, 0.25) is 0 Å². The van der Waals surface area contributed by atoms with Gasteiger partial charge < -0.3 is 9.84 Å². The van der Waals surface area contributed by atoms with Crippen LogP contribution < -0.4 is 9.64 Å². The van der Waals surface area contributed by atoms with Gasteiger partial charge >= 0.3 is 6.18 Å². The highest BCUT2D eigenvalue weighted by molar-refractivity contribution is 6.51. The molecule has 4 rings (SSSR count). The summed E-state index contributed by atoms with van der Waals surface area (Å²) >= 11 is 0. The van der Waals surface area contributed by atoms with Gasteiger partial charge in [-0.1, -0.05) is 36.4 Å². The molecule has 0 radical (unpaired) electrons. The number of carbonyl (C=O) groups excluding carboxylic acids is 2. The van der Waals surface area contributed by atoms with E-state index in [4.69, 9.17) is 4.74 Å². The van der Waals surface area contributed by atoms with Crippen molar-refractivity contribution in [2.24, 2.45) is 0 Å². The molecule has 0 spiro atoms. The Hall–Kier alpha value is -4.14. The van der Waals surface area contributed by atoms with Crippen molar-refractivity contribution in [1.29, 1.82) is 0 Å². The van der Waals surface area contributed by atoms with E-state index in [1.807, 2.05) is 0 Å². The number of methoxy groups -OCH3 is 1. The van der Waals surface area contributed by atoms with E-state index < -0.39 is 46.6 Å². The zero-order valence-corrected chi connectivity index (χ0v) is 17.6. The third kappa shape index (κ3) is 3.89. The summed E-state index contributed by atoms with van der Waals surface area (Å²) in [5.41, 5.74) is -1.91. The molecule has 1 unspecified atom stereocenters. The van der Waals surface area contributed by atoms with Gasteiger partial charge in [-0.05, 0) is 36.4 Å². The van der Waals surface area contributed by atoms with Gasteiger partial charge in [-0.2, -0.15) is 13.2 Å². The number of aliphatic hydroxyl groups excluding tert-OH is 1. The molecule has 1 saturated heterocycles. The zero-order chi connectivity index (χ0) is 24.6. The standard InChI is InChI=1S/C25H17F4NO4/c1-34-19-12-5-3-10-17(19)22(31)20-21(16-9-2-4-11-18(16)26)30(24(33)23(20)32)15-8-6-7-14(13-15)25(27,28)29/h2-13,21,31H,1H3/b22-20+. The summed E-state index contributed by atoms with van der Waals surface area (Å²) in [6.07, 6.45) is -4.71. The lowest BCUT2D eigenvalue weighted by Gasteiger charge is -2.26. The number of ether oxygens (including phenoxy) is 1. The minimum Gasteiger partial charge on any atom is -0.507 e. The van der Waals surface area contributed by atoms with Gasteiger partial charge in [0.15, 0.2) is 0 Å². The van der Waals surface area contributed by atoms with Gasteiger partial charge in [0.1, 0.15) is 17.3 Å². The minimum absolute atomic E-state index is 0.0633. The lowest BCUT2D eigenvalue weighted by Crippen LogP contribution is -2.30. The SMILES string of the molecule is COc1ccccc1/C(O)=C1\C(=O)C(=O)N(c2cccc(C(F)(F)F)c2)C1c1ccccc1F. The Morgan fingerprint density at radius 3 is 2.32 bits per heavy atom. The Bertz CT molecular complexity index is 1320. The first-order valence-electron chi connectivity index (χ1n) is 10.0. The molecule has 174 valence electrons. The van der Waals surface area contributed by atoms with Crippen LogP contribution in [0.1, 0.15) is 22.7 Å². The molecule has 0 saturated carbocycles. The summed E-state index contributed by atoms with van der Waals surface area (Å²) in [6.45, 7) is 0. The fraction of sp³-hybridized carbons (Fsp3) is 0.120. The molecule has 1 N–H and O–H groups in total. The lowest BCUT2D eigenvalue weighted by atomic mass is 9.94. The van der Waals surface area contributed by atoms with Crippen LogP contribution in [0.25, 0.3) is 5.76 Å². The fourth-order valence-corrected chi connectivity index (χ4v) is 3.91. The maximum absolute atomic E-state index is 14.9. The van der Waals surface area contributed by atoms with E-state index in [0.717, 1.165) is 23.1 Å². The highest BCUT2D eigenvalue weighted by Gasteiger charge is 2.48. The van der Waals surface area contributed by atoms with Crippen molar-refractivity contribution in [3.8, 4) is 5.75 Å². The largest absolute Gasteiger partial charge is 0.507 e. The quantitative estimate of drug-likeness (QED) is 0.237. The molecular formula is C25H17F4NO4. The Morgan fingerprint density at radius 2 is 1.65 bits per heavy atom. The smallest absolute Gasteiger partial charge is 0.416 e. The van der Waals surface area contributed by atoms with Crippen molar-refractivity contribution >= 4 is 23.1 Å². The van der Waals surface area contributed by atoms with E-state index in [1.165, 1.54) is 43.5 Å². The summed E-state index contributed by atoms with van der Waals surface area (Å²) in [5.74, 6) is -3.65. The number of rotatable bonds is 4. The zero-order valence-electron chi connectivity index (χ0n) is 17.6. The molecule has 3 aromatic rings. The number of nitrogens with zero attached hydrogens (tertiary/aromatic N) is 1. The Labute approximate surface area is 191 Å². The summed E-state index contributed by atoms with van der Waals surface area (Å²) in [6, 6.07) is 13.6. The maximum Gasteiger partial charge on any atom is 0.416 e. The number of para-hydroxylation sites is 1. The van der Waals surface area contributed by atoms with Crippen molar-refractivity contribution in [1.82, 2.24) is 0 Å². The monoisotopic (exact) mass is 471 g/mol. The van der Waals surface area contributed by atoms with Crippen LogP contribution >= 0.6 is 0 Å². The number of Topliss-reactive ketones (excluding diaryl/α,β-unsaturated/α-hetero) is 1. The van der Waals surface area contributed by atoms with E-state index in [-0.39, 0.29) is 22.6 Å². The van der Waals surface area contributed by atoms with Crippen LogP contribution in [-0.2, 0) is 15.8 Å². The summed E-state index contributed by atoms with van der Waals surface area (Å²) in [7, 11) is 1.34. The fourth-order valence-electron chi connectivity index (χ4n) is 3.91. The molecular weight excluding hydrogens is 454 g/mol. The number of halogens is 4. The number of alkyl halides is 3. The first-order valence-corrected chi connectivity index (χ1v) is 10.0. The minimum atomic E-state index is -4.71. The van der Waals surface area contributed by atoms with Crippen LogP contribution in [0, 0.1) is 5.82 Å². The van der Waals surface area contributed by atoms with Crippen LogP contribution in [0.3, 0.4) is 0 Å². The first kappa shape index (κ1) is 23.0. The second-order valence-electron chi connectivity index (χ2n) is 7.44. The van der Waals surface area contributed by atoms with Gasteiger partial charge in [0.25, 0.3) is 11.7 Å². The summed E-state index contributed by atoms with van der Waals surface area (Å²) in [5, 5.41) is 11.1. The van der Waals surface area contributed by atoms with Gasteiger partial charge in [0, 0.05) is 11.3 Å². The topological polar surface area (TPSA) is 66.8 Å². The maximum atomic E-state index is 14.9. The number of anilines is 1. The number of ketones is 1. The number of aliphatic hydroxyl groups is 1. The van der Waals surface area contributed by atoms with Crippen molar-refractivity contribution < 1.29 is 37.0 Å². The highest BCUT2D eigenvalue weighted by Crippen LogP contribution is 2.44. The van der Waals surface area contributed by atoms with E-state index in [9.17, 15) is 32.3 Å². The third-order valence-electron chi connectivity index (χ3n) is 5.46. The number of hydrogen-bond donors (Lipinski definition) is 1. The van der Waals surface area contributed by atoms with Gasteiger partial charge in [0.05, 0.1) is 29.9 Å². The number of hydrogen-bond acceptors (Lipinski definition) is 4. The summed E-state index contributed by atoms with van der Waals surface area (Å²) in [4.78, 5) is 26.9.